The van der Waals surface area contributed by atoms with Crippen molar-refractivity contribution in [3.63, 3.8) is 0 Å². The minimum atomic E-state index is -0.593. The number of imidazole rings is 1. The molecule has 1 aliphatic heterocycles. The summed E-state index contributed by atoms with van der Waals surface area (Å²) in [5.74, 6) is 0.967. The highest BCUT2D eigenvalue weighted by Gasteiger charge is 2.40. The number of amides is 1. The first-order chi connectivity index (χ1) is 20.1. The number of aromatic nitrogens is 4. The topological polar surface area (TPSA) is 104 Å². The van der Waals surface area contributed by atoms with Crippen molar-refractivity contribution < 1.29 is 24.1 Å². The van der Waals surface area contributed by atoms with Gasteiger partial charge in [0.05, 0.1) is 35.7 Å². The summed E-state index contributed by atoms with van der Waals surface area (Å²) in [5.41, 5.74) is 3.23. The van der Waals surface area contributed by atoms with Crippen LogP contribution in [0.3, 0.4) is 0 Å². The van der Waals surface area contributed by atoms with Crippen LogP contribution >= 0.6 is 0 Å². The van der Waals surface area contributed by atoms with Gasteiger partial charge in [-0.25, -0.2) is 14.5 Å². The standard InChI is InChI=1S/C32H39N5O5/c1-32(2,3)42-31(39)36(19-24-17-33-20-35(24)4)23-15-26(16-23)41-29-14-22(21-8-10-25(38)11-9-21)13-28-27(29)18-34-37(28)30-7-5-6-12-40-30/h8-11,13-14,17-18,20,23,26,30,38H,5-7,12,15-16,19H2,1-4H3/t23-,26-,30?. The second kappa shape index (κ2) is 11.3. The van der Waals surface area contributed by atoms with Crippen molar-refractivity contribution in [1.82, 2.24) is 24.2 Å². The van der Waals surface area contributed by atoms with Crippen LogP contribution in [-0.2, 0) is 23.1 Å². The van der Waals surface area contributed by atoms with Gasteiger partial charge in [0.2, 0.25) is 0 Å². The van der Waals surface area contributed by atoms with Crippen LogP contribution in [0.25, 0.3) is 22.0 Å². The molecule has 10 nitrogen and oxygen atoms in total. The van der Waals surface area contributed by atoms with Crippen molar-refractivity contribution in [2.24, 2.45) is 7.05 Å². The van der Waals surface area contributed by atoms with Gasteiger partial charge in [0.15, 0.2) is 6.23 Å². The lowest BCUT2D eigenvalue weighted by atomic mass is 9.87. The van der Waals surface area contributed by atoms with Crippen molar-refractivity contribution in [3.05, 3.63) is 60.8 Å². The molecule has 1 saturated carbocycles. The van der Waals surface area contributed by atoms with Crippen LogP contribution in [-0.4, -0.2) is 59.8 Å². The summed E-state index contributed by atoms with van der Waals surface area (Å²) in [6, 6.07) is 11.3. The molecule has 2 aliphatic rings. The van der Waals surface area contributed by atoms with E-state index in [-0.39, 0.29) is 30.2 Å². The zero-order chi connectivity index (χ0) is 29.4. The number of ether oxygens (including phenoxy) is 3. The van der Waals surface area contributed by atoms with Gasteiger partial charge in [-0.2, -0.15) is 5.10 Å². The fraction of sp³-hybridized carbons (Fsp3) is 0.469. The summed E-state index contributed by atoms with van der Waals surface area (Å²) < 4.78 is 22.3. The van der Waals surface area contributed by atoms with Crippen molar-refractivity contribution in [2.75, 3.05) is 6.61 Å². The van der Waals surface area contributed by atoms with Crippen molar-refractivity contribution >= 4 is 17.0 Å². The third kappa shape index (κ3) is 5.94. The third-order valence-electron chi connectivity index (χ3n) is 7.99. The van der Waals surface area contributed by atoms with E-state index in [1.54, 1.807) is 29.6 Å². The van der Waals surface area contributed by atoms with Gasteiger partial charge in [-0.05, 0) is 75.4 Å². The lowest BCUT2D eigenvalue weighted by Gasteiger charge is -2.42. The second-order valence-corrected chi connectivity index (χ2v) is 12.3. The Morgan fingerprint density at radius 3 is 2.57 bits per heavy atom. The van der Waals surface area contributed by atoms with Crippen LogP contribution < -0.4 is 4.74 Å². The minimum Gasteiger partial charge on any atom is -0.508 e. The maximum absolute atomic E-state index is 13.2. The number of carbonyl (C=O) groups is 1. The molecule has 1 amide bonds. The molecule has 1 unspecified atom stereocenters. The zero-order valence-corrected chi connectivity index (χ0v) is 24.7. The van der Waals surface area contributed by atoms with Crippen LogP contribution in [0.4, 0.5) is 4.79 Å². The number of aromatic hydroxyl groups is 1. The van der Waals surface area contributed by atoms with E-state index in [2.05, 4.69) is 11.1 Å². The molecule has 6 rings (SSSR count). The first kappa shape index (κ1) is 28.1. The monoisotopic (exact) mass is 573 g/mol. The van der Waals surface area contributed by atoms with Crippen LogP contribution in [0, 0.1) is 0 Å². The molecule has 2 aromatic heterocycles. The molecule has 2 aromatic carbocycles. The normalized spacial score (nSPS) is 20.7. The number of fused-ring (bicyclic) bond motifs is 1. The quantitative estimate of drug-likeness (QED) is 0.281. The van der Waals surface area contributed by atoms with Crippen molar-refractivity contribution in [1.29, 1.82) is 0 Å². The highest BCUT2D eigenvalue weighted by molar-refractivity contribution is 5.90. The molecule has 2 fully saturated rings. The van der Waals surface area contributed by atoms with Crippen LogP contribution in [0.1, 0.15) is 64.8 Å². The molecule has 4 aromatic rings. The molecule has 0 bridgehead atoms. The predicted molar refractivity (Wildman–Crippen MR) is 158 cm³/mol. The predicted octanol–water partition coefficient (Wildman–Crippen LogP) is 6.19. The van der Waals surface area contributed by atoms with E-state index in [9.17, 15) is 9.90 Å². The molecular weight excluding hydrogens is 534 g/mol. The van der Waals surface area contributed by atoms with E-state index in [0.717, 1.165) is 59.3 Å². The zero-order valence-electron chi connectivity index (χ0n) is 24.7. The molecule has 10 heteroatoms. The smallest absolute Gasteiger partial charge is 0.410 e. The fourth-order valence-electron chi connectivity index (χ4n) is 5.62. The molecule has 1 aliphatic carbocycles. The number of carbonyl (C=O) groups excluding carboxylic acids is 1. The van der Waals surface area contributed by atoms with E-state index >= 15 is 0 Å². The summed E-state index contributed by atoms with van der Waals surface area (Å²) in [6.45, 7) is 6.78. The number of phenolic OH excluding ortho intramolecular Hbond substituents is 1. The maximum atomic E-state index is 13.2. The third-order valence-corrected chi connectivity index (χ3v) is 7.99. The van der Waals surface area contributed by atoms with Crippen molar-refractivity contribution in [3.8, 4) is 22.6 Å². The van der Waals surface area contributed by atoms with Gasteiger partial charge in [0.1, 0.15) is 23.2 Å². The number of benzene rings is 2. The van der Waals surface area contributed by atoms with Crippen molar-refractivity contribution in [2.45, 2.75) is 83.4 Å². The average molecular weight is 574 g/mol. The van der Waals surface area contributed by atoms with E-state index in [0.29, 0.717) is 19.4 Å². The van der Waals surface area contributed by atoms with E-state index in [1.807, 2.05) is 61.5 Å². The second-order valence-electron chi connectivity index (χ2n) is 12.3. The van der Waals surface area contributed by atoms with Crippen LogP contribution in [0.5, 0.6) is 11.5 Å². The number of nitrogens with zero attached hydrogens (tertiary/aromatic N) is 5. The number of aryl methyl sites for hydroxylation is 1. The Labute approximate surface area is 245 Å². The molecule has 1 atom stereocenters. The summed E-state index contributed by atoms with van der Waals surface area (Å²) in [7, 11) is 1.92. The summed E-state index contributed by atoms with van der Waals surface area (Å²) >= 11 is 0. The molecule has 1 saturated heterocycles. The Kier molecular flexibility index (Phi) is 7.57. The van der Waals surface area contributed by atoms with E-state index in [1.165, 1.54) is 0 Å². The lowest BCUT2D eigenvalue weighted by Crippen LogP contribution is -2.52. The molecular formula is C32H39N5O5. The maximum Gasteiger partial charge on any atom is 0.410 e. The SMILES string of the molecule is Cn1cncc1CN(C(=O)OC(C)(C)C)[C@H]1C[C@H](Oc2cc(-c3ccc(O)cc3)cc3c2cnn3C2CCCCO2)C1. The largest absolute Gasteiger partial charge is 0.508 e. The van der Waals surface area contributed by atoms with Gasteiger partial charge >= 0.3 is 6.09 Å². The fourth-order valence-corrected chi connectivity index (χ4v) is 5.62. The van der Waals surface area contributed by atoms with Gasteiger partial charge in [0.25, 0.3) is 0 Å². The highest BCUT2D eigenvalue weighted by atomic mass is 16.6. The summed E-state index contributed by atoms with van der Waals surface area (Å²) in [4.78, 5) is 19.3. The minimum absolute atomic E-state index is 0.0196. The Morgan fingerprint density at radius 2 is 1.90 bits per heavy atom. The Balaban J connectivity index is 1.26. The van der Waals surface area contributed by atoms with E-state index in [4.69, 9.17) is 19.3 Å². The van der Waals surface area contributed by atoms with Crippen LogP contribution in [0.15, 0.2) is 55.1 Å². The Bertz CT molecular complexity index is 1540. The molecule has 1 N–H and O–H groups in total. The lowest BCUT2D eigenvalue weighted by molar-refractivity contribution is -0.0366. The number of hydrogen-bond donors (Lipinski definition) is 1. The average Bonchev–Trinajstić information content (AvgIpc) is 3.55. The Morgan fingerprint density at radius 1 is 1.12 bits per heavy atom. The highest BCUT2D eigenvalue weighted by Crippen LogP contribution is 2.39. The summed E-state index contributed by atoms with van der Waals surface area (Å²) in [5, 5.41) is 15.5. The number of rotatable bonds is 7. The molecule has 222 valence electrons. The molecule has 3 heterocycles. The number of hydrogen-bond acceptors (Lipinski definition) is 7. The molecule has 0 spiro atoms. The first-order valence-electron chi connectivity index (χ1n) is 14.7. The Hall–Kier alpha value is -4.05. The molecule has 42 heavy (non-hydrogen) atoms. The number of phenols is 1. The van der Waals surface area contributed by atoms with Crippen LogP contribution in [0.2, 0.25) is 0 Å². The molecule has 0 radical (unpaired) electrons. The van der Waals surface area contributed by atoms with E-state index < -0.39 is 5.60 Å². The van der Waals surface area contributed by atoms with Gasteiger partial charge in [-0.3, -0.25) is 4.90 Å². The van der Waals surface area contributed by atoms with Gasteiger partial charge < -0.3 is 23.9 Å². The van der Waals surface area contributed by atoms with Gasteiger partial charge in [-0.15, -0.1) is 0 Å². The summed E-state index contributed by atoms with van der Waals surface area (Å²) in [6.07, 6.45) is 9.30. The first-order valence-corrected chi connectivity index (χ1v) is 14.7. The van der Waals surface area contributed by atoms with Gasteiger partial charge in [0, 0.05) is 38.7 Å². The van der Waals surface area contributed by atoms with Gasteiger partial charge in [-0.1, -0.05) is 12.1 Å².